The van der Waals surface area contributed by atoms with Crippen molar-refractivity contribution in [1.29, 1.82) is 0 Å². The molecule has 18 heavy (non-hydrogen) atoms. The van der Waals surface area contributed by atoms with Crippen LogP contribution in [0.3, 0.4) is 0 Å². The second-order valence-electron chi connectivity index (χ2n) is 4.80. The summed E-state index contributed by atoms with van der Waals surface area (Å²) in [6.07, 6.45) is 7.38. The van der Waals surface area contributed by atoms with Crippen LogP contribution in [0.1, 0.15) is 72.1 Å². The van der Waals surface area contributed by atoms with Crippen molar-refractivity contribution < 1.29 is 19.7 Å². The van der Waals surface area contributed by atoms with Crippen molar-refractivity contribution in [3.05, 3.63) is 0 Å². The molecule has 0 bridgehead atoms. The summed E-state index contributed by atoms with van der Waals surface area (Å²) in [4.78, 5) is 14.7. The van der Waals surface area contributed by atoms with Crippen molar-refractivity contribution in [2.45, 2.75) is 78.2 Å². The summed E-state index contributed by atoms with van der Waals surface area (Å²) in [6, 6.07) is 0. The van der Waals surface area contributed by atoms with Crippen LogP contribution in [0, 0.1) is 5.92 Å². The highest BCUT2D eigenvalue weighted by Gasteiger charge is 2.24. The van der Waals surface area contributed by atoms with Gasteiger partial charge < -0.3 is 4.74 Å². The molecule has 4 heteroatoms. The molecule has 0 saturated heterocycles. The number of ether oxygens (including phenoxy) is 1. The maximum absolute atomic E-state index is 11.1. The van der Waals surface area contributed by atoms with E-state index < -0.39 is 6.16 Å². The molecule has 1 N–H and O–H groups in total. The molecular formula is C14H28O4. The minimum absolute atomic E-state index is 0.132. The molecule has 108 valence electrons. The van der Waals surface area contributed by atoms with Gasteiger partial charge in [0.05, 0.1) is 0 Å². The predicted molar refractivity (Wildman–Crippen MR) is 71.4 cm³/mol. The second kappa shape index (κ2) is 11.3. The van der Waals surface area contributed by atoms with Crippen LogP contribution in [-0.2, 0) is 9.62 Å². The third-order valence-electron chi connectivity index (χ3n) is 3.39. The summed E-state index contributed by atoms with van der Waals surface area (Å²) in [7, 11) is 0. The molecule has 0 aromatic carbocycles. The average molecular weight is 260 g/mol. The van der Waals surface area contributed by atoms with Gasteiger partial charge in [-0.05, 0) is 31.6 Å². The largest absolute Gasteiger partial charge is 0.540 e. The van der Waals surface area contributed by atoms with Gasteiger partial charge in [0.2, 0.25) is 0 Å². The molecule has 2 atom stereocenters. The molecule has 0 radical (unpaired) electrons. The number of hydrogen-bond donors (Lipinski definition) is 1. The Hall–Kier alpha value is -0.770. The molecule has 0 aliphatic heterocycles. The smallest absolute Gasteiger partial charge is 0.429 e. The highest BCUT2D eigenvalue weighted by atomic mass is 17.1. The van der Waals surface area contributed by atoms with E-state index in [-0.39, 0.29) is 6.10 Å². The van der Waals surface area contributed by atoms with E-state index in [0.29, 0.717) is 5.92 Å². The lowest BCUT2D eigenvalue weighted by atomic mass is 9.90. The van der Waals surface area contributed by atoms with Gasteiger partial charge in [-0.25, -0.2) is 4.79 Å². The standard InChI is InChI=1S/C14H28O4/c1-4-7-9-11-13(17-14(15)18-16)12(6-3)10-8-5-2/h12-13,16H,4-11H2,1-3H3. The van der Waals surface area contributed by atoms with Crippen LogP contribution >= 0.6 is 0 Å². The zero-order valence-electron chi connectivity index (χ0n) is 12.0. The normalized spacial score (nSPS) is 14.0. The highest BCUT2D eigenvalue weighted by Crippen LogP contribution is 2.24. The summed E-state index contributed by atoms with van der Waals surface area (Å²) in [5.74, 6) is 0.362. The van der Waals surface area contributed by atoms with Crippen molar-refractivity contribution in [2.75, 3.05) is 0 Å². The molecule has 0 aliphatic rings. The topological polar surface area (TPSA) is 55.8 Å². The Morgan fingerprint density at radius 2 is 1.72 bits per heavy atom. The van der Waals surface area contributed by atoms with Crippen LogP contribution in [0.4, 0.5) is 4.79 Å². The Kier molecular flexibility index (Phi) is 10.8. The molecule has 0 aromatic heterocycles. The van der Waals surface area contributed by atoms with Crippen molar-refractivity contribution in [1.82, 2.24) is 0 Å². The first kappa shape index (κ1) is 17.2. The third-order valence-corrected chi connectivity index (χ3v) is 3.39. The Labute approximate surface area is 111 Å². The first-order valence-electron chi connectivity index (χ1n) is 7.21. The maximum atomic E-state index is 11.1. The zero-order valence-corrected chi connectivity index (χ0v) is 12.0. The van der Waals surface area contributed by atoms with Crippen molar-refractivity contribution in [3.63, 3.8) is 0 Å². The van der Waals surface area contributed by atoms with Crippen molar-refractivity contribution in [3.8, 4) is 0 Å². The molecule has 0 fully saturated rings. The summed E-state index contributed by atoms with van der Waals surface area (Å²) in [5.41, 5.74) is 0. The Balaban J connectivity index is 4.33. The molecule has 0 spiro atoms. The quantitative estimate of drug-likeness (QED) is 0.266. The summed E-state index contributed by atoms with van der Waals surface area (Å²) in [5, 5.41) is 8.31. The first-order chi connectivity index (χ1) is 8.69. The summed E-state index contributed by atoms with van der Waals surface area (Å²) >= 11 is 0. The number of carbonyl (C=O) groups is 1. The van der Waals surface area contributed by atoms with Crippen LogP contribution in [0.25, 0.3) is 0 Å². The Morgan fingerprint density at radius 3 is 2.22 bits per heavy atom. The molecule has 0 aliphatic carbocycles. The monoisotopic (exact) mass is 260 g/mol. The zero-order chi connectivity index (χ0) is 13.8. The summed E-state index contributed by atoms with van der Waals surface area (Å²) in [6.45, 7) is 6.41. The molecule has 0 heterocycles. The fourth-order valence-corrected chi connectivity index (χ4v) is 2.25. The van der Waals surface area contributed by atoms with Gasteiger partial charge in [-0.1, -0.05) is 46.5 Å². The number of carbonyl (C=O) groups excluding carboxylic acids is 1. The first-order valence-corrected chi connectivity index (χ1v) is 7.21. The van der Waals surface area contributed by atoms with E-state index in [0.717, 1.165) is 51.4 Å². The summed E-state index contributed by atoms with van der Waals surface area (Å²) < 4.78 is 5.19. The maximum Gasteiger partial charge on any atom is 0.540 e. The molecule has 0 rings (SSSR count). The molecule has 0 aromatic rings. The van der Waals surface area contributed by atoms with Crippen LogP contribution in [0.2, 0.25) is 0 Å². The minimum Gasteiger partial charge on any atom is -0.429 e. The number of rotatable bonds is 10. The average Bonchev–Trinajstić information content (AvgIpc) is 2.39. The van der Waals surface area contributed by atoms with Gasteiger partial charge in [0.15, 0.2) is 0 Å². The van der Waals surface area contributed by atoms with Gasteiger partial charge in [0, 0.05) is 0 Å². The van der Waals surface area contributed by atoms with Crippen LogP contribution in [0.15, 0.2) is 0 Å². The van der Waals surface area contributed by atoms with Gasteiger partial charge >= 0.3 is 6.16 Å². The SMILES string of the molecule is CCCCCC(OC(=O)OO)C(CC)CCCC. The van der Waals surface area contributed by atoms with E-state index in [9.17, 15) is 4.79 Å². The van der Waals surface area contributed by atoms with E-state index in [2.05, 4.69) is 25.7 Å². The Bertz CT molecular complexity index is 206. The van der Waals surface area contributed by atoms with E-state index in [1.54, 1.807) is 0 Å². The number of hydrogen-bond acceptors (Lipinski definition) is 4. The molecule has 2 unspecified atom stereocenters. The van der Waals surface area contributed by atoms with Gasteiger partial charge in [-0.2, -0.15) is 5.26 Å². The molecule has 4 nitrogen and oxygen atoms in total. The van der Waals surface area contributed by atoms with Crippen LogP contribution < -0.4 is 0 Å². The van der Waals surface area contributed by atoms with E-state index in [4.69, 9.17) is 9.99 Å². The van der Waals surface area contributed by atoms with Crippen LogP contribution in [0.5, 0.6) is 0 Å². The Morgan fingerprint density at radius 1 is 1.06 bits per heavy atom. The fraction of sp³-hybridized carbons (Fsp3) is 0.929. The van der Waals surface area contributed by atoms with E-state index in [1.807, 2.05) is 0 Å². The van der Waals surface area contributed by atoms with Crippen molar-refractivity contribution in [2.24, 2.45) is 5.92 Å². The highest BCUT2D eigenvalue weighted by molar-refractivity contribution is 5.59. The van der Waals surface area contributed by atoms with Gasteiger partial charge in [0.25, 0.3) is 0 Å². The van der Waals surface area contributed by atoms with Gasteiger partial charge in [-0.15, -0.1) is 0 Å². The lowest BCUT2D eigenvalue weighted by Gasteiger charge is -2.25. The van der Waals surface area contributed by atoms with Crippen molar-refractivity contribution >= 4 is 6.16 Å². The second-order valence-corrected chi connectivity index (χ2v) is 4.80. The predicted octanol–water partition coefficient (Wildman–Crippen LogP) is 4.78. The lowest BCUT2D eigenvalue weighted by Crippen LogP contribution is -2.27. The molecule has 0 amide bonds. The van der Waals surface area contributed by atoms with Gasteiger partial charge in [-0.3, -0.25) is 4.89 Å². The van der Waals surface area contributed by atoms with E-state index in [1.165, 1.54) is 0 Å². The van der Waals surface area contributed by atoms with Gasteiger partial charge in [0.1, 0.15) is 6.10 Å². The molecule has 0 saturated carbocycles. The fourth-order valence-electron chi connectivity index (χ4n) is 2.25. The van der Waals surface area contributed by atoms with E-state index >= 15 is 0 Å². The molecular weight excluding hydrogens is 232 g/mol. The lowest BCUT2D eigenvalue weighted by molar-refractivity contribution is -0.207. The third kappa shape index (κ3) is 7.54. The number of unbranched alkanes of at least 4 members (excludes halogenated alkanes) is 3. The van der Waals surface area contributed by atoms with Crippen LogP contribution in [-0.4, -0.2) is 17.5 Å². The minimum atomic E-state index is -0.980.